The van der Waals surface area contributed by atoms with Crippen LogP contribution in [0, 0.1) is 5.41 Å². The summed E-state index contributed by atoms with van der Waals surface area (Å²) in [6, 6.07) is 0. The Labute approximate surface area is 70.8 Å². The Balaban J connectivity index is 2.77. The zero-order valence-electron chi connectivity index (χ0n) is 8.07. The van der Waals surface area contributed by atoms with E-state index in [2.05, 4.69) is 40.8 Å². The predicted molar refractivity (Wildman–Crippen MR) is 53.4 cm³/mol. The first-order valence-electron chi connectivity index (χ1n) is 4.37. The monoisotopic (exact) mass is 148 g/mol. The van der Waals surface area contributed by atoms with Crippen molar-refractivity contribution >= 4 is 7.85 Å². The van der Waals surface area contributed by atoms with Crippen molar-refractivity contribution in [3.05, 3.63) is 23.2 Å². The van der Waals surface area contributed by atoms with Crippen LogP contribution < -0.4 is 0 Å². The van der Waals surface area contributed by atoms with Crippen molar-refractivity contribution < 1.29 is 0 Å². The van der Waals surface area contributed by atoms with Crippen LogP contribution in [0.2, 0.25) is 0 Å². The van der Waals surface area contributed by atoms with E-state index in [1.165, 1.54) is 18.3 Å². The summed E-state index contributed by atoms with van der Waals surface area (Å²) >= 11 is 0. The average molecular weight is 148 g/mol. The van der Waals surface area contributed by atoms with Crippen molar-refractivity contribution in [1.29, 1.82) is 0 Å². The summed E-state index contributed by atoms with van der Waals surface area (Å²) in [4.78, 5) is 0. The molecule has 0 bridgehead atoms. The average Bonchev–Trinajstić information content (AvgIpc) is 1.86. The topological polar surface area (TPSA) is 0 Å². The van der Waals surface area contributed by atoms with Gasteiger partial charge in [0.05, 0.1) is 0 Å². The molecule has 0 aromatic carbocycles. The maximum Gasteiger partial charge on any atom is 0.133 e. The molecule has 0 unspecified atom stereocenters. The molecule has 0 heterocycles. The normalized spacial score (nSPS) is 19.2. The minimum atomic E-state index is 0.372. The van der Waals surface area contributed by atoms with Gasteiger partial charge in [0.25, 0.3) is 0 Å². The van der Waals surface area contributed by atoms with Crippen LogP contribution >= 0.6 is 0 Å². The van der Waals surface area contributed by atoms with Gasteiger partial charge in [0.2, 0.25) is 0 Å². The lowest BCUT2D eigenvalue weighted by Crippen LogP contribution is -2.11. The Morgan fingerprint density at radius 2 is 1.82 bits per heavy atom. The van der Waals surface area contributed by atoms with E-state index in [4.69, 9.17) is 0 Å². The van der Waals surface area contributed by atoms with Crippen LogP contribution in [0.1, 0.15) is 33.6 Å². The van der Waals surface area contributed by atoms with E-state index in [1.807, 2.05) is 0 Å². The fourth-order valence-electron chi connectivity index (χ4n) is 1.37. The highest BCUT2D eigenvalue weighted by Gasteiger charge is 2.17. The Kier molecular flexibility index (Phi) is 2.27. The zero-order valence-corrected chi connectivity index (χ0v) is 8.07. The maximum atomic E-state index is 2.29. The second kappa shape index (κ2) is 2.88. The van der Waals surface area contributed by atoms with Gasteiger partial charge in [-0.15, -0.1) is 5.47 Å². The van der Waals surface area contributed by atoms with Gasteiger partial charge in [-0.1, -0.05) is 38.5 Å². The molecule has 0 saturated heterocycles. The van der Waals surface area contributed by atoms with E-state index in [0.717, 1.165) is 0 Å². The molecule has 0 aromatic heterocycles. The zero-order chi connectivity index (χ0) is 8.48. The van der Waals surface area contributed by atoms with Crippen molar-refractivity contribution in [3.63, 3.8) is 0 Å². The van der Waals surface area contributed by atoms with E-state index in [9.17, 15) is 0 Å². The number of hydrogen-bond donors (Lipinski definition) is 0. The van der Waals surface area contributed by atoms with Gasteiger partial charge in [0, 0.05) is 0 Å². The molecule has 1 heteroatoms. The Hall–Kier alpha value is -0.455. The molecule has 0 saturated carbocycles. The van der Waals surface area contributed by atoms with Crippen LogP contribution in [0.4, 0.5) is 0 Å². The first kappa shape index (κ1) is 8.64. The van der Waals surface area contributed by atoms with E-state index in [0.29, 0.717) is 5.41 Å². The molecule has 0 amide bonds. The summed E-state index contributed by atoms with van der Waals surface area (Å²) < 4.78 is 0. The van der Waals surface area contributed by atoms with Crippen LogP contribution in [0.3, 0.4) is 0 Å². The molecule has 0 radical (unpaired) electrons. The molecule has 0 aliphatic heterocycles. The van der Waals surface area contributed by atoms with Crippen molar-refractivity contribution in [3.8, 4) is 0 Å². The second-order valence-electron chi connectivity index (χ2n) is 4.45. The standard InChI is InChI=1S/C10H17B/c1-10(2,3)8-4-6-9(11)7-5-8/h4,6H,5,7,11H2,1-3H3. The minimum Gasteiger partial charge on any atom is -0.110 e. The minimum absolute atomic E-state index is 0.372. The molecule has 0 fully saturated rings. The third-order valence-electron chi connectivity index (χ3n) is 2.32. The lowest BCUT2D eigenvalue weighted by atomic mass is 9.77. The molecular weight excluding hydrogens is 131 g/mol. The molecule has 1 rings (SSSR count). The first-order valence-corrected chi connectivity index (χ1v) is 4.37. The van der Waals surface area contributed by atoms with Gasteiger partial charge in [-0.3, -0.25) is 0 Å². The molecule has 60 valence electrons. The van der Waals surface area contributed by atoms with Crippen molar-refractivity contribution in [2.45, 2.75) is 33.6 Å². The Bertz CT molecular complexity index is 203. The van der Waals surface area contributed by atoms with Gasteiger partial charge in [-0.05, 0) is 18.3 Å². The Morgan fingerprint density at radius 3 is 2.18 bits per heavy atom. The molecule has 0 nitrogen and oxygen atoms in total. The van der Waals surface area contributed by atoms with Crippen molar-refractivity contribution in [2.75, 3.05) is 0 Å². The second-order valence-corrected chi connectivity index (χ2v) is 4.45. The fourth-order valence-corrected chi connectivity index (χ4v) is 1.37. The summed E-state index contributed by atoms with van der Waals surface area (Å²) in [6.07, 6.45) is 7.05. The molecular formula is C10H17B. The summed E-state index contributed by atoms with van der Waals surface area (Å²) in [5.41, 5.74) is 3.47. The van der Waals surface area contributed by atoms with Crippen LogP contribution in [0.25, 0.3) is 0 Å². The first-order chi connectivity index (χ1) is 5.00. The largest absolute Gasteiger partial charge is 0.133 e. The van der Waals surface area contributed by atoms with Gasteiger partial charge in [-0.2, -0.15) is 0 Å². The summed E-state index contributed by atoms with van der Waals surface area (Å²) in [5, 5.41) is 0. The molecule has 0 atom stereocenters. The SMILES string of the molecule is BC1=CC=C(C(C)(C)C)CC1. The lowest BCUT2D eigenvalue weighted by molar-refractivity contribution is 0.481. The van der Waals surface area contributed by atoms with Gasteiger partial charge in [0.1, 0.15) is 7.85 Å². The van der Waals surface area contributed by atoms with E-state index in [-0.39, 0.29) is 0 Å². The molecule has 0 aromatic rings. The fraction of sp³-hybridized carbons (Fsp3) is 0.600. The summed E-state index contributed by atoms with van der Waals surface area (Å²) in [5.74, 6) is 0. The van der Waals surface area contributed by atoms with Crippen LogP contribution in [0.5, 0.6) is 0 Å². The molecule has 1 aliphatic carbocycles. The summed E-state index contributed by atoms with van der Waals surface area (Å²) in [7, 11) is 2.20. The quantitative estimate of drug-likeness (QED) is 0.462. The third-order valence-corrected chi connectivity index (χ3v) is 2.32. The highest BCUT2D eigenvalue weighted by molar-refractivity contribution is 6.21. The van der Waals surface area contributed by atoms with Gasteiger partial charge < -0.3 is 0 Å². The smallest absolute Gasteiger partial charge is 0.110 e. The van der Waals surface area contributed by atoms with Crippen molar-refractivity contribution in [2.24, 2.45) is 5.41 Å². The number of rotatable bonds is 0. The maximum absolute atomic E-state index is 2.29. The van der Waals surface area contributed by atoms with E-state index < -0.39 is 0 Å². The third kappa shape index (κ3) is 2.25. The van der Waals surface area contributed by atoms with E-state index >= 15 is 0 Å². The van der Waals surface area contributed by atoms with Crippen LogP contribution in [0.15, 0.2) is 23.2 Å². The highest BCUT2D eigenvalue weighted by Crippen LogP contribution is 2.31. The lowest BCUT2D eigenvalue weighted by Gasteiger charge is -2.25. The summed E-state index contributed by atoms with van der Waals surface area (Å²) in [6.45, 7) is 6.86. The molecule has 0 spiro atoms. The van der Waals surface area contributed by atoms with Crippen molar-refractivity contribution in [1.82, 2.24) is 0 Å². The number of hydrogen-bond acceptors (Lipinski definition) is 0. The van der Waals surface area contributed by atoms with Gasteiger partial charge in [0.15, 0.2) is 0 Å². The number of allylic oxidation sites excluding steroid dienone is 4. The Morgan fingerprint density at radius 1 is 1.18 bits per heavy atom. The van der Waals surface area contributed by atoms with E-state index in [1.54, 1.807) is 5.57 Å². The molecule has 0 N–H and O–H groups in total. The molecule has 1 aliphatic rings. The predicted octanol–water partition coefficient (Wildman–Crippen LogP) is 2.27. The van der Waals surface area contributed by atoms with Gasteiger partial charge in [-0.25, -0.2) is 0 Å². The highest BCUT2D eigenvalue weighted by atomic mass is 14.2. The van der Waals surface area contributed by atoms with Crippen LogP contribution in [-0.4, -0.2) is 7.85 Å². The van der Waals surface area contributed by atoms with Crippen LogP contribution in [-0.2, 0) is 0 Å². The molecule has 11 heavy (non-hydrogen) atoms. The van der Waals surface area contributed by atoms with Gasteiger partial charge >= 0.3 is 0 Å².